The van der Waals surface area contributed by atoms with Crippen LogP contribution in [0.3, 0.4) is 0 Å². The summed E-state index contributed by atoms with van der Waals surface area (Å²) in [5, 5.41) is 5.85. The van der Waals surface area contributed by atoms with Gasteiger partial charge in [0.1, 0.15) is 0 Å². The van der Waals surface area contributed by atoms with E-state index >= 15 is 0 Å². The molecule has 0 unspecified atom stereocenters. The highest BCUT2D eigenvalue weighted by molar-refractivity contribution is 5.84. The second-order valence-corrected chi connectivity index (χ2v) is 5.14. The molecule has 0 saturated heterocycles. The smallest absolute Gasteiger partial charge is 0.151 e. The predicted molar refractivity (Wildman–Crippen MR) is 87.6 cm³/mol. The van der Waals surface area contributed by atoms with Gasteiger partial charge in [-0.25, -0.2) is 4.98 Å². The third kappa shape index (κ3) is 2.79. The number of nitrogens with zero attached hydrogens (tertiary/aromatic N) is 3. The van der Waals surface area contributed by atoms with Gasteiger partial charge in [-0.1, -0.05) is 24.3 Å². The van der Waals surface area contributed by atoms with Crippen molar-refractivity contribution in [3.05, 3.63) is 60.6 Å². The van der Waals surface area contributed by atoms with Crippen LogP contribution < -0.4 is 10.2 Å². The van der Waals surface area contributed by atoms with Gasteiger partial charge < -0.3 is 10.2 Å². The van der Waals surface area contributed by atoms with Crippen molar-refractivity contribution in [1.29, 1.82) is 0 Å². The van der Waals surface area contributed by atoms with E-state index in [1.807, 2.05) is 49.6 Å². The lowest BCUT2D eigenvalue weighted by atomic mass is 10.1. The second-order valence-electron chi connectivity index (χ2n) is 5.14. The van der Waals surface area contributed by atoms with Gasteiger partial charge in [0.05, 0.1) is 5.69 Å². The molecule has 2 heterocycles. The van der Waals surface area contributed by atoms with Crippen molar-refractivity contribution in [2.24, 2.45) is 0 Å². The molecular weight excluding hydrogens is 260 g/mol. The first-order chi connectivity index (χ1) is 10.3. The molecule has 0 aliphatic rings. The van der Waals surface area contributed by atoms with Crippen molar-refractivity contribution >= 4 is 22.3 Å². The van der Waals surface area contributed by atoms with Crippen LogP contribution >= 0.6 is 0 Å². The molecule has 0 bridgehead atoms. The molecule has 0 aliphatic heterocycles. The van der Waals surface area contributed by atoms with Crippen molar-refractivity contribution < 1.29 is 0 Å². The van der Waals surface area contributed by atoms with Crippen molar-refractivity contribution in [2.45, 2.75) is 6.54 Å². The first-order valence-electron chi connectivity index (χ1n) is 6.93. The summed E-state index contributed by atoms with van der Waals surface area (Å²) in [7, 11) is 3.99. The summed E-state index contributed by atoms with van der Waals surface area (Å²) in [5.74, 6) is 0.936. The maximum Gasteiger partial charge on any atom is 0.151 e. The number of fused-ring (bicyclic) bond motifs is 1. The van der Waals surface area contributed by atoms with Crippen molar-refractivity contribution in [3.8, 4) is 0 Å². The highest BCUT2D eigenvalue weighted by Gasteiger charge is 2.06. The molecule has 21 heavy (non-hydrogen) atoms. The van der Waals surface area contributed by atoms with E-state index in [2.05, 4.69) is 33.5 Å². The van der Waals surface area contributed by atoms with E-state index in [-0.39, 0.29) is 0 Å². The quantitative estimate of drug-likeness (QED) is 0.795. The van der Waals surface area contributed by atoms with Gasteiger partial charge in [0.15, 0.2) is 5.82 Å². The van der Waals surface area contributed by atoms with Gasteiger partial charge in [-0.15, -0.1) is 0 Å². The lowest BCUT2D eigenvalue weighted by molar-refractivity contribution is 1.05. The number of anilines is 2. The number of nitrogens with one attached hydrogen (secondary N) is 1. The summed E-state index contributed by atoms with van der Waals surface area (Å²) in [6, 6.07) is 12.3. The maximum absolute atomic E-state index is 4.40. The van der Waals surface area contributed by atoms with Crippen LogP contribution in [0.15, 0.2) is 55.0 Å². The van der Waals surface area contributed by atoms with Crippen LogP contribution in [-0.4, -0.2) is 24.1 Å². The number of hydrogen-bond acceptors (Lipinski definition) is 4. The van der Waals surface area contributed by atoms with Crippen LogP contribution in [-0.2, 0) is 6.54 Å². The summed E-state index contributed by atoms with van der Waals surface area (Å²) in [5.41, 5.74) is 2.21. The zero-order valence-electron chi connectivity index (χ0n) is 12.2. The van der Waals surface area contributed by atoms with Crippen LogP contribution in [0, 0.1) is 0 Å². The van der Waals surface area contributed by atoms with Gasteiger partial charge in [-0.3, -0.25) is 4.98 Å². The fourth-order valence-electron chi connectivity index (χ4n) is 2.40. The second kappa shape index (κ2) is 5.79. The Balaban J connectivity index is 1.87. The summed E-state index contributed by atoms with van der Waals surface area (Å²) in [6.45, 7) is 0.723. The van der Waals surface area contributed by atoms with Crippen LogP contribution in [0.2, 0.25) is 0 Å². The monoisotopic (exact) mass is 278 g/mol. The molecule has 0 atom stereocenters. The van der Waals surface area contributed by atoms with E-state index < -0.39 is 0 Å². The molecule has 4 heteroatoms. The van der Waals surface area contributed by atoms with Crippen molar-refractivity contribution in [3.63, 3.8) is 0 Å². The Hall–Kier alpha value is -2.62. The largest absolute Gasteiger partial charge is 0.378 e. The summed E-state index contributed by atoms with van der Waals surface area (Å²) >= 11 is 0. The van der Waals surface area contributed by atoms with Crippen LogP contribution in [0.25, 0.3) is 10.8 Å². The first kappa shape index (κ1) is 13.4. The lowest BCUT2D eigenvalue weighted by Gasteiger charge is -2.17. The SMILES string of the molecule is CN(C)c1ncccc1NCc1cncc2ccccc12. The Labute approximate surface area is 124 Å². The fraction of sp³-hybridized carbons (Fsp3) is 0.176. The molecule has 106 valence electrons. The highest BCUT2D eigenvalue weighted by atomic mass is 15.2. The van der Waals surface area contributed by atoms with E-state index in [0.717, 1.165) is 23.4 Å². The molecule has 0 aliphatic carbocycles. The van der Waals surface area contributed by atoms with E-state index in [9.17, 15) is 0 Å². The van der Waals surface area contributed by atoms with Gasteiger partial charge in [-0.05, 0) is 23.1 Å². The van der Waals surface area contributed by atoms with Gasteiger partial charge in [-0.2, -0.15) is 0 Å². The summed E-state index contributed by atoms with van der Waals surface area (Å²) in [6.07, 6.45) is 5.62. The zero-order chi connectivity index (χ0) is 14.7. The van der Waals surface area contributed by atoms with Crippen LogP contribution in [0.4, 0.5) is 11.5 Å². The van der Waals surface area contributed by atoms with Gasteiger partial charge >= 0.3 is 0 Å². The number of rotatable bonds is 4. The van der Waals surface area contributed by atoms with Gasteiger partial charge in [0.25, 0.3) is 0 Å². The summed E-state index contributed by atoms with van der Waals surface area (Å²) in [4.78, 5) is 10.7. The van der Waals surface area contributed by atoms with E-state index in [4.69, 9.17) is 0 Å². The Morgan fingerprint density at radius 2 is 1.90 bits per heavy atom. The summed E-state index contributed by atoms with van der Waals surface area (Å²) < 4.78 is 0. The molecule has 2 aromatic heterocycles. The van der Waals surface area contributed by atoms with Crippen LogP contribution in [0.1, 0.15) is 5.56 Å². The van der Waals surface area contributed by atoms with E-state index in [1.54, 1.807) is 6.20 Å². The molecule has 0 amide bonds. The molecule has 1 N–H and O–H groups in total. The fourth-order valence-corrected chi connectivity index (χ4v) is 2.40. The average Bonchev–Trinajstić information content (AvgIpc) is 2.53. The standard InChI is InChI=1S/C17H18N4/c1-21(2)17-16(8-5-9-19-17)20-12-14-11-18-10-13-6-3-4-7-15(13)14/h3-11,20H,12H2,1-2H3. The first-order valence-corrected chi connectivity index (χ1v) is 6.93. The number of aromatic nitrogens is 2. The van der Waals surface area contributed by atoms with Crippen molar-refractivity contribution in [1.82, 2.24) is 9.97 Å². The molecule has 0 fully saturated rings. The van der Waals surface area contributed by atoms with E-state index in [0.29, 0.717) is 0 Å². The average molecular weight is 278 g/mol. The Morgan fingerprint density at radius 3 is 2.76 bits per heavy atom. The molecule has 0 spiro atoms. The number of benzene rings is 1. The molecule has 0 saturated carbocycles. The minimum atomic E-state index is 0.723. The molecule has 1 aromatic carbocycles. The molecule has 3 aromatic rings. The third-order valence-corrected chi connectivity index (χ3v) is 3.43. The third-order valence-electron chi connectivity index (χ3n) is 3.43. The Kier molecular flexibility index (Phi) is 3.69. The van der Waals surface area contributed by atoms with Crippen molar-refractivity contribution in [2.75, 3.05) is 24.3 Å². The minimum absolute atomic E-state index is 0.723. The normalized spacial score (nSPS) is 10.6. The van der Waals surface area contributed by atoms with Gasteiger partial charge in [0.2, 0.25) is 0 Å². The Bertz CT molecular complexity index is 747. The minimum Gasteiger partial charge on any atom is -0.378 e. The zero-order valence-corrected chi connectivity index (χ0v) is 12.2. The Morgan fingerprint density at radius 1 is 1.05 bits per heavy atom. The maximum atomic E-state index is 4.40. The molecule has 0 radical (unpaired) electrons. The molecular formula is C17H18N4. The van der Waals surface area contributed by atoms with Gasteiger partial charge in [0, 0.05) is 44.6 Å². The topological polar surface area (TPSA) is 41.1 Å². The van der Waals surface area contributed by atoms with E-state index in [1.165, 1.54) is 10.9 Å². The number of hydrogen-bond donors (Lipinski definition) is 1. The molecule has 4 nitrogen and oxygen atoms in total. The lowest BCUT2D eigenvalue weighted by Crippen LogP contribution is -2.13. The molecule has 3 rings (SSSR count). The number of pyridine rings is 2. The van der Waals surface area contributed by atoms with Crippen LogP contribution in [0.5, 0.6) is 0 Å². The highest BCUT2D eigenvalue weighted by Crippen LogP contribution is 2.23. The predicted octanol–water partition coefficient (Wildman–Crippen LogP) is 3.31.